The van der Waals surface area contributed by atoms with E-state index in [4.69, 9.17) is 9.84 Å². The zero-order valence-electron chi connectivity index (χ0n) is 9.73. The number of carboxylic acid groups (broad SMARTS) is 1. The number of rotatable bonds is 5. The van der Waals surface area contributed by atoms with Gasteiger partial charge in [0.2, 0.25) is 0 Å². The van der Waals surface area contributed by atoms with Crippen LogP contribution in [-0.2, 0) is 4.79 Å². The van der Waals surface area contributed by atoms with E-state index in [0.717, 1.165) is 11.4 Å². The smallest absolute Gasteiger partial charge is 0.308 e. The van der Waals surface area contributed by atoms with E-state index < -0.39 is 11.9 Å². The molecule has 0 bridgehead atoms. The third-order valence-corrected chi connectivity index (χ3v) is 2.60. The Hall–Kier alpha value is -1.71. The summed E-state index contributed by atoms with van der Waals surface area (Å²) in [5.41, 5.74) is 0.861. The quantitative estimate of drug-likeness (QED) is 0.803. The molecule has 2 unspecified atom stereocenters. The van der Waals surface area contributed by atoms with Crippen molar-refractivity contribution in [3.63, 3.8) is 0 Å². The Kier molecular flexibility index (Phi) is 4.17. The molecule has 0 saturated carbocycles. The number of aliphatic carboxylic acids is 1. The summed E-state index contributed by atoms with van der Waals surface area (Å²) in [6, 6.07) is 7.29. The van der Waals surface area contributed by atoms with Gasteiger partial charge in [-0.15, -0.1) is 0 Å². The molecular formula is C12H17NO3. The van der Waals surface area contributed by atoms with Crippen LogP contribution in [0.1, 0.15) is 13.8 Å². The molecule has 0 aromatic heterocycles. The van der Waals surface area contributed by atoms with Gasteiger partial charge in [0.05, 0.1) is 13.0 Å². The molecule has 2 atom stereocenters. The standard InChI is InChI=1S/C12H17NO3/c1-8(12(14)15)9(2)13-10-5-4-6-11(7-10)16-3/h4-9,13H,1-3H3,(H,14,15). The third-order valence-electron chi connectivity index (χ3n) is 2.60. The van der Waals surface area contributed by atoms with Gasteiger partial charge in [-0.1, -0.05) is 6.07 Å². The molecule has 0 heterocycles. The summed E-state index contributed by atoms with van der Waals surface area (Å²) >= 11 is 0. The Balaban J connectivity index is 2.68. The van der Waals surface area contributed by atoms with E-state index in [1.54, 1.807) is 14.0 Å². The first-order valence-corrected chi connectivity index (χ1v) is 5.18. The third kappa shape index (κ3) is 3.15. The molecule has 16 heavy (non-hydrogen) atoms. The summed E-state index contributed by atoms with van der Waals surface area (Å²) in [6.45, 7) is 3.53. The van der Waals surface area contributed by atoms with Crippen LogP contribution in [0.15, 0.2) is 24.3 Å². The van der Waals surface area contributed by atoms with Crippen molar-refractivity contribution >= 4 is 11.7 Å². The zero-order valence-corrected chi connectivity index (χ0v) is 9.73. The van der Waals surface area contributed by atoms with Crippen LogP contribution in [0, 0.1) is 5.92 Å². The van der Waals surface area contributed by atoms with E-state index in [1.165, 1.54) is 0 Å². The molecule has 4 nitrogen and oxygen atoms in total. The first-order chi connectivity index (χ1) is 7.54. The zero-order chi connectivity index (χ0) is 12.1. The number of methoxy groups -OCH3 is 1. The molecule has 1 rings (SSSR count). The van der Waals surface area contributed by atoms with Gasteiger partial charge >= 0.3 is 5.97 Å². The fourth-order valence-electron chi connectivity index (χ4n) is 1.31. The first kappa shape index (κ1) is 12.4. The second-order valence-electron chi connectivity index (χ2n) is 3.79. The minimum atomic E-state index is -0.803. The number of nitrogens with one attached hydrogen (secondary N) is 1. The molecule has 0 aliphatic carbocycles. The van der Waals surface area contributed by atoms with Crippen molar-refractivity contribution in [3.8, 4) is 5.75 Å². The highest BCUT2D eigenvalue weighted by molar-refractivity contribution is 5.71. The number of carbonyl (C=O) groups is 1. The van der Waals surface area contributed by atoms with Gasteiger partial charge in [-0.05, 0) is 26.0 Å². The highest BCUT2D eigenvalue weighted by Gasteiger charge is 2.18. The number of hydrogen-bond donors (Lipinski definition) is 2. The molecule has 0 amide bonds. The molecule has 0 radical (unpaired) electrons. The van der Waals surface area contributed by atoms with Crippen LogP contribution in [0.4, 0.5) is 5.69 Å². The Morgan fingerprint density at radius 3 is 2.69 bits per heavy atom. The SMILES string of the molecule is COc1cccc(NC(C)C(C)C(=O)O)c1. The molecule has 0 spiro atoms. The summed E-state index contributed by atoms with van der Waals surface area (Å²) in [7, 11) is 1.60. The van der Waals surface area contributed by atoms with Gasteiger partial charge in [-0.25, -0.2) is 0 Å². The van der Waals surface area contributed by atoms with Crippen molar-refractivity contribution < 1.29 is 14.6 Å². The van der Waals surface area contributed by atoms with E-state index in [0.29, 0.717) is 0 Å². The average Bonchev–Trinajstić information content (AvgIpc) is 2.28. The normalized spacial score (nSPS) is 13.9. The molecule has 0 saturated heterocycles. The molecule has 0 fully saturated rings. The monoisotopic (exact) mass is 223 g/mol. The summed E-state index contributed by atoms with van der Waals surface area (Å²) in [6.07, 6.45) is 0. The van der Waals surface area contributed by atoms with Crippen molar-refractivity contribution in [2.75, 3.05) is 12.4 Å². The Morgan fingerprint density at radius 1 is 1.44 bits per heavy atom. The predicted octanol–water partition coefficient (Wildman–Crippen LogP) is 2.22. The van der Waals surface area contributed by atoms with Crippen LogP contribution in [0.3, 0.4) is 0 Å². The van der Waals surface area contributed by atoms with E-state index in [1.807, 2.05) is 31.2 Å². The minimum absolute atomic E-state index is 0.135. The maximum atomic E-state index is 10.8. The lowest BCUT2D eigenvalue weighted by Gasteiger charge is -2.19. The van der Waals surface area contributed by atoms with Crippen molar-refractivity contribution in [2.45, 2.75) is 19.9 Å². The molecule has 0 aliphatic heterocycles. The van der Waals surface area contributed by atoms with Crippen molar-refractivity contribution in [1.82, 2.24) is 0 Å². The van der Waals surface area contributed by atoms with Gasteiger partial charge in [0, 0.05) is 17.8 Å². The Morgan fingerprint density at radius 2 is 2.12 bits per heavy atom. The van der Waals surface area contributed by atoms with Gasteiger partial charge in [0.15, 0.2) is 0 Å². The summed E-state index contributed by atoms with van der Waals surface area (Å²) in [4.78, 5) is 10.8. The number of anilines is 1. The fourth-order valence-corrected chi connectivity index (χ4v) is 1.31. The van der Waals surface area contributed by atoms with Crippen LogP contribution >= 0.6 is 0 Å². The second-order valence-corrected chi connectivity index (χ2v) is 3.79. The van der Waals surface area contributed by atoms with Gasteiger partial charge < -0.3 is 15.2 Å². The van der Waals surface area contributed by atoms with Crippen LogP contribution in [-0.4, -0.2) is 24.2 Å². The lowest BCUT2D eigenvalue weighted by atomic mass is 10.0. The predicted molar refractivity (Wildman–Crippen MR) is 62.9 cm³/mol. The topological polar surface area (TPSA) is 58.6 Å². The first-order valence-electron chi connectivity index (χ1n) is 5.18. The maximum Gasteiger partial charge on any atom is 0.308 e. The largest absolute Gasteiger partial charge is 0.497 e. The number of hydrogen-bond acceptors (Lipinski definition) is 3. The van der Waals surface area contributed by atoms with Crippen molar-refractivity contribution in [1.29, 1.82) is 0 Å². The van der Waals surface area contributed by atoms with Crippen LogP contribution in [0.25, 0.3) is 0 Å². The molecule has 0 aliphatic rings. The molecule has 1 aromatic rings. The van der Waals surface area contributed by atoms with E-state index >= 15 is 0 Å². The lowest BCUT2D eigenvalue weighted by Crippen LogP contribution is -2.29. The van der Waals surface area contributed by atoms with Crippen molar-refractivity contribution in [3.05, 3.63) is 24.3 Å². The van der Waals surface area contributed by atoms with Crippen LogP contribution in [0.5, 0.6) is 5.75 Å². The summed E-state index contributed by atoms with van der Waals surface area (Å²) < 4.78 is 5.09. The van der Waals surface area contributed by atoms with E-state index in [-0.39, 0.29) is 6.04 Å². The van der Waals surface area contributed by atoms with Gasteiger partial charge in [-0.2, -0.15) is 0 Å². The summed E-state index contributed by atoms with van der Waals surface area (Å²) in [5, 5.41) is 12.0. The molecule has 1 aromatic carbocycles. The summed E-state index contributed by atoms with van der Waals surface area (Å²) in [5.74, 6) is -0.491. The molecule has 4 heteroatoms. The molecular weight excluding hydrogens is 206 g/mol. The van der Waals surface area contributed by atoms with Crippen LogP contribution < -0.4 is 10.1 Å². The lowest BCUT2D eigenvalue weighted by molar-refractivity contribution is -0.141. The van der Waals surface area contributed by atoms with Crippen molar-refractivity contribution in [2.24, 2.45) is 5.92 Å². The molecule has 2 N–H and O–H groups in total. The number of carboxylic acids is 1. The average molecular weight is 223 g/mol. The molecule has 88 valence electrons. The Labute approximate surface area is 95.2 Å². The van der Waals surface area contributed by atoms with Gasteiger partial charge in [0.25, 0.3) is 0 Å². The maximum absolute atomic E-state index is 10.8. The second kappa shape index (κ2) is 5.39. The Bertz CT molecular complexity index is 365. The van der Waals surface area contributed by atoms with Crippen LogP contribution in [0.2, 0.25) is 0 Å². The number of benzene rings is 1. The van der Waals surface area contributed by atoms with E-state index in [9.17, 15) is 4.79 Å². The van der Waals surface area contributed by atoms with Gasteiger partial charge in [-0.3, -0.25) is 4.79 Å². The van der Waals surface area contributed by atoms with E-state index in [2.05, 4.69) is 5.32 Å². The number of ether oxygens (including phenoxy) is 1. The van der Waals surface area contributed by atoms with Gasteiger partial charge in [0.1, 0.15) is 5.75 Å². The fraction of sp³-hybridized carbons (Fsp3) is 0.417. The highest BCUT2D eigenvalue weighted by Crippen LogP contribution is 2.19. The highest BCUT2D eigenvalue weighted by atomic mass is 16.5. The minimum Gasteiger partial charge on any atom is -0.497 e.